The second-order valence-electron chi connectivity index (χ2n) is 7.99. The van der Waals surface area contributed by atoms with Gasteiger partial charge in [-0.1, -0.05) is 30.3 Å². The minimum Gasteiger partial charge on any atom is -0.457 e. The van der Waals surface area contributed by atoms with Crippen molar-refractivity contribution in [1.29, 1.82) is 0 Å². The largest absolute Gasteiger partial charge is 0.457 e. The number of nitrogens with one attached hydrogen (secondary N) is 1. The van der Waals surface area contributed by atoms with E-state index in [0.717, 1.165) is 53.6 Å². The van der Waals surface area contributed by atoms with Crippen LogP contribution in [0.1, 0.15) is 12.8 Å². The third-order valence-corrected chi connectivity index (χ3v) is 5.66. The summed E-state index contributed by atoms with van der Waals surface area (Å²) >= 11 is 0. The Kier molecular flexibility index (Phi) is 6.22. The number of ether oxygens (including phenoxy) is 2. The van der Waals surface area contributed by atoms with Gasteiger partial charge < -0.3 is 25.4 Å². The lowest BCUT2D eigenvalue weighted by Gasteiger charge is -2.24. The summed E-state index contributed by atoms with van der Waals surface area (Å²) in [6.07, 6.45) is 3.91. The number of pyridine rings is 1. The van der Waals surface area contributed by atoms with Gasteiger partial charge in [-0.15, -0.1) is 0 Å². The van der Waals surface area contributed by atoms with E-state index in [0.29, 0.717) is 5.82 Å². The molecule has 4 aromatic rings. The highest BCUT2D eigenvalue weighted by Crippen LogP contribution is 2.30. The fourth-order valence-electron chi connectivity index (χ4n) is 4.04. The summed E-state index contributed by atoms with van der Waals surface area (Å²) in [5, 5.41) is 3.29. The number of methoxy groups -OCH3 is 1. The number of hydrogen-bond donors (Lipinski definition) is 2. The smallest absolute Gasteiger partial charge is 0.222 e. The molecule has 5 rings (SSSR count). The van der Waals surface area contributed by atoms with Gasteiger partial charge in [-0.2, -0.15) is 4.98 Å². The zero-order chi connectivity index (χ0) is 23.3. The van der Waals surface area contributed by atoms with Crippen LogP contribution < -0.4 is 20.7 Å². The number of anilines is 4. The van der Waals surface area contributed by atoms with E-state index < -0.39 is 0 Å². The van der Waals surface area contributed by atoms with Gasteiger partial charge in [-0.05, 0) is 43.2 Å². The Bertz CT molecular complexity index is 1250. The Morgan fingerprint density at radius 2 is 1.79 bits per heavy atom. The molecule has 0 bridgehead atoms. The molecule has 1 atom stereocenters. The Balaban J connectivity index is 1.28. The highest BCUT2D eigenvalue weighted by atomic mass is 16.5. The standard InChI is InChI=1S/C26H26N6O2/c1-33-25-8-5-15-32(25)24-16-21(13-14-28-24)34-20-11-9-19(10-12-20)29-23-17-22(30-26(27)31-23)18-6-3-2-4-7-18/h2-4,6-7,9-14,16-17,25H,5,8,15H2,1H3,(H3,27,29,30,31). The molecule has 0 aliphatic carbocycles. The van der Waals surface area contributed by atoms with Gasteiger partial charge in [0.25, 0.3) is 0 Å². The zero-order valence-corrected chi connectivity index (χ0v) is 18.9. The molecule has 0 amide bonds. The van der Waals surface area contributed by atoms with Gasteiger partial charge in [-0.25, -0.2) is 9.97 Å². The van der Waals surface area contributed by atoms with E-state index in [2.05, 4.69) is 25.2 Å². The number of nitrogen functional groups attached to an aromatic ring is 1. The molecular weight excluding hydrogens is 428 g/mol. The summed E-state index contributed by atoms with van der Waals surface area (Å²) in [5.74, 6) is 3.14. The van der Waals surface area contributed by atoms with Gasteiger partial charge in [0.2, 0.25) is 5.95 Å². The van der Waals surface area contributed by atoms with Crippen molar-refractivity contribution in [3.63, 3.8) is 0 Å². The molecule has 2 aromatic carbocycles. The molecule has 1 aliphatic rings. The molecular formula is C26H26N6O2. The lowest BCUT2D eigenvalue weighted by molar-refractivity contribution is 0.111. The van der Waals surface area contributed by atoms with Crippen molar-refractivity contribution in [3.8, 4) is 22.8 Å². The van der Waals surface area contributed by atoms with Crippen LogP contribution in [0.3, 0.4) is 0 Å². The van der Waals surface area contributed by atoms with Crippen LogP contribution in [-0.2, 0) is 4.74 Å². The first kappa shape index (κ1) is 21.7. The summed E-state index contributed by atoms with van der Waals surface area (Å²) < 4.78 is 11.6. The summed E-state index contributed by atoms with van der Waals surface area (Å²) in [4.78, 5) is 15.3. The van der Waals surface area contributed by atoms with Crippen LogP contribution in [0.2, 0.25) is 0 Å². The van der Waals surface area contributed by atoms with Crippen molar-refractivity contribution >= 4 is 23.3 Å². The average Bonchev–Trinajstić information content (AvgIpc) is 3.35. The minimum atomic E-state index is 0.0614. The molecule has 0 radical (unpaired) electrons. The van der Waals surface area contributed by atoms with Crippen LogP contribution in [0, 0.1) is 0 Å². The predicted octanol–water partition coefficient (Wildman–Crippen LogP) is 5.23. The maximum absolute atomic E-state index is 6.07. The molecule has 0 saturated carbocycles. The van der Waals surface area contributed by atoms with Crippen LogP contribution >= 0.6 is 0 Å². The molecule has 1 fully saturated rings. The quantitative estimate of drug-likeness (QED) is 0.392. The van der Waals surface area contributed by atoms with E-state index in [9.17, 15) is 0 Å². The van der Waals surface area contributed by atoms with E-state index in [-0.39, 0.29) is 12.2 Å². The highest BCUT2D eigenvalue weighted by molar-refractivity contribution is 5.67. The fraction of sp³-hybridized carbons (Fsp3) is 0.192. The molecule has 172 valence electrons. The van der Waals surface area contributed by atoms with Crippen LogP contribution in [0.15, 0.2) is 79.0 Å². The molecule has 3 N–H and O–H groups in total. The van der Waals surface area contributed by atoms with E-state index in [1.54, 1.807) is 13.3 Å². The van der Waals surface area contributed by atoms with Gasteiger partial charge in [0.05, 0.1) is 5.69 Å². The van der Waals surface area contributed by atoms with Crippen LogP contribution in [0.5, 0.6) is 11.5 Å². The molecule has 1 unspecified atom stereocenters. The maximum Gasteiger partial charge on any atom is 0.222 e. The molecule has 8 heteroatoms. The van der Waals surface area contributed by atoms with E-state index in [1.165, 1.54) is 0 Å². The second kappa shape index (κ2) is 9.76. The fourth-order valence-corrected chi connectivity index (χ4v) is 4.04. The lowest BCUT2D eigenvalue weighted by Crippen LogP contribution is -2.31. The number of hydrogen-bond acceptors (Lipinski definition) is 8. The van der Waals surface area contributed by atoms with Crippen LogP contribution in [-0.4, -0.2) is 34.8 Å². The maximum atomic E-state index is 6.07. The number of rotatable bonds is 7. The third kappa shape index (κ3) is 4.92. The average molecular weight is 455 g/mol. The number of aromatic nitrogens is 3. The van der Waals surface area contributed by atoms with Crippen molar-refractivity contribution in [2.75, 3.05) is 29.6 Å². The molecule has 2 aromatic heterocycles. The summed E-state index contributed by atoms with van der Waals surface area (Å²) in [5.41, 5.74) is 8.54. The van der Waals surface area contributed by atoms with Gasteiger partial charge in [0.1, 0.15) is 29.4 Å². The molecule has 3 heterocycles. The summed E-state index contributed by atoms with van der Waals surface area (Å²) in [6.45, 7) is 0.925. The van der Waals surface area contributed by atoms with Gasteiger partial charge in [0, 0.05) is 43.2 Å². The monoisotopic (exact) mass is 454 g/mol. The topological polar surface area (TPSA) is 98.4 Å². The normalized spacial score (nSPS) is 15.3. The Morgan fingerprint density at radius 3 is 2.59 bits per heavy atom. The predicted molar refractivity (Wildman–Crippen MR) is 133 cm³/mol. The van der Waals surface area contributed by atoms with Crippen LogP contribution in [0.25, 0.3) is 11.3 Å². The zero-order valence-electron chi connectivity index (χ0n) is 18.9. The SMILES string of the molecule is COC1CCCN1c1cc(Oc2ccc(Nc3cc(-c4ccccc4)nc(N)n3)cc2)ccn1. The van der Waals surface area contributed by atoms with Gasteiger partial charge in [0.15, 0.2) is 0 Å². The van der Waals surface area contributed by atoms with Crippen LogP contribution in [0.4, 0.5) is 23.3 Å². The number of nitrogens with two attached hydrogens (primary N) is 1. The molecule has 8 nitrogen and oxygen atoms in total. The summed E-state index contributed by atoms with van der Waals surface area (Å²) in [7, 11) is 1.73. The molecule has 1 aliphatic heterocycles. The van der Waals surface area contributed by atoms with E-state index in [4.69, 9.17) is 15.2 Å². The number of benzene rings is 2. The van der Waals surface area contributed by atoms with Gasteiger partial charge in [-0.3, -0.25) is 0 Å². The second-order valence-corrected chi connectivity index (χ2v) is 7.99. The number of nitrogens with zero attached hydrogens (tertiary/aromatic N) is 4. The van der Waals surface area contributed by atoms with Crippen molar-refractivity contribution < 1.29 is 9.47 Å². The van der Waals surface area contributed by atoms with Crippen molar-refractivity contribution in [2.45, 2.75) is 19.1 Å². The summed E-state index contributed by atoms with van der Waals surface area (Å²) in [6, 6.07) is 23.2. The molecule has 0 spiro atoms. The highest BCUT2D eigenvalue weighted by Gasteiger charge is 2.25. The Morgan fingerprint density at radius 1 is 0.971 bits per heavy atom. The van der Waals surface area contributed by atoms with Crippen molar-refractivity contribution in [3.05, 3.63) is 79.0 Å². The third-order valence-electron chi connectivity index (χ3n) is 5.66. The first-order valence-corrected chi connectivity index (χ1v) is 11.2. The first-order valence-electron chi connectivity index (χ1n) is 11.2. The molecule has 1 saturated heterocycles. The molecule has 34 heavy (non-hydrogen) atoms. The van der Waals surface area contributed by atoms with Gasteiger partial charge >= 0.3 is 0 Å². The first-order chi connectivity index (χ1) is 16.7. The minimum absolute atomic E-state index is 0.0614. The lowest BCUT2D eigenvalue weighted by atomic mass is 10.1. The Labute approximate surface area is 198 Å². The Hall–Kier alpha value is -4.17. The van der Waals surface area contributed by atoms with E-state index >= 15 is 0 Å². The van der Waals surface area contributed by atoms with Crippen molar-refractivity contribution in [1.82, 2.24) is 15.0 Å². The van der Waals surface area contributed by atoms with E-state index in [1.807, 2.05) is 72.8 Å². The van der Waals surface area contributed by atoms with Crippen molar-refractivity contribution in [2.24, 2.45) is 0 Å².